The minimum Gasteiger partial charge on any atom is -0.481 e. The van der Waals surface area contributed by atoms with Gasteiger partial charge in [0.2, 0.25) is 0 Å². The lowest BCUT2D eigenvalue weighted by Crippen LogP contribution is -2.41. The maximum Gasteiger partial charge on any atom is 0.305 e. The molecule has 0 radical (unpaired) electrons. The quantitative estimate of drug-likeness (QED) is 0.783. The Morgan fingerprint density at radius 3 is 2.62 bits per heavy atom. The van der Waals surface area contributed by atoms with E-state index in [1.54, 1.807) is 11.3 Å². The van der Waals surface area contributed by atoms with Crippen LogP contribution in [0.2, 0.25) is 0 Å². The second-order valence-corrected chi connectivity index (χ2v) is 8.03. The Bertz CT molecular complexity index is 634. The molecule has 2 aliphatic heterocycles. The van der Waals surface area contributed by atoms with Crippen molar-refractivity contribution in [2.75, 3.05) is 32.8 Å². The van der Waals surface area contributed by atoms with E-state index in [1.165, 1.54) is 0 Å². The molecular formula is C18H27N3O4S. The van der Waals surface area contributed by atoms with Gasteiger partial charge < -0.3 is 20.1 Å². The van der Waals surface area contributed by atoms with Crippen LogP contribution in [0.15, 0.2) is 0 Å². The molecule has 0 spiro atoms. The summed E-state index contributed by atoms with van der Waals surface area (Å²) >= 11 is 1.56. The third kappa shape index (κ3) is 4.81. The van der Waals surface area contributed by atoms with Crippen LogP contribution >= 0.6 is 11.3 Å². The van der Waals surface area contributed by atoms with Crippen molar-refractivity contribution in [2.45, 2.75) is 51.0 Å². The molecule has 3 heterocycles. The Kier molecular flexibility index (Phi) is 6.61. The minimum absolute atomic E-state index is 0.0265. The van der Waals surface area contributed by atoms with Crippen molar-refractivity contribution in [1.82, 2.24) is 15.2 Å². The maximum absolute atomic E-state index is 12.9. The number of hydrogen-bond donors (Lipinski definition) is 2. The van der Waals surface area contributed by atoms with Crippen molar-refractivity contribution < 1.29 is 19.4 Å². The lowest BCUT2D eigenvalue weighted by molar-refractivity contribution is -0.138. The molecule has 144 valence electrons. The molecule has 7 nitrogen and oxygen atoms in total. The molecular weight excluding hydrogens is 354 g/mol. The molecule has 1 amide bonds. The number of ether oxygens (including phenoxy) is 1. The third-order valence-corrected chi connectivity index (χ3v) is 6.40. The molecule has 0 aliphatic carbocycles. The number of carboxylic acids is 1. The smallest absolute Gasteiger partial charge is 0.305 e. The monoisotopic (exact) mass is 381 g/mol. The van der Waals surface area contributed by atoms with Gasteiger partial charge in [0.05, 0.1) is 29.8 Å². The van der Waals surface area contributed by atoms with E-state index in [0.29, 0.717) is 19.0 Å². The van der Waals surface area contributed by atoms with E-state index in [2.05, 4.69) is 10.3 Å². The van der Waals surface area contributed by atoms with Crippen LogP contribution < -0.4 is 5.32 Å². The summed E-state index contributed by atoms with van der Waals surface area (Å²) in [6, 6.07) is 0. The van der Waals surface area contributed by atoms with E-state index in [1.807, 2.05) is 11.8 Å². The van der Waals surface area contributed by atoms with Crippen LogP contribution in [0, 0.1) is 6.92 Å². The second-order valence-electron chi connectivity index (χ2n) is 7.00. The molecule has 26 heavy (non-hydrogen) atoms. The van der Waals surface area contributed by atoms with E-state index >= 15 is 0 Å². The van der Waals surface area contributed by atoms with Crippen LogP contribution in [0.5, 0.6) is 0 Å². The number of carbonyl (C=O) groups excluding carboxylic acids is 1. The first-order chi connectivity index (χ1) is 12.5. The number of nitrogens with zero attached hydrogens (tertiary/aromatic N) is 2. The molecule has 0 unspecified atom stereocenters. The number of rotatable bonds is 6. The summed E-state index contributed by atoms with van der Waals surface area (Å²) in [5.74, 6) is -0.304. The highest BCUT2D eigenvalue weighted by Gasteiger charge is 2.28. The molecule has 0 bridgehead atoms. The van der Waals surface area contributed by atoms with E-state index < -0.39 is 5.97 Å². The van der Waals surface area contributed by atoms with Crippen LogP contribution in [0.1, 0.15) is 58.4 Å². The topological polar surface area (TPSA) is 91.8 Å². The van der Waals surface area contributed by atoms with Crippen LogP contribution in [0.25, 0.3) is 0 Å². The van der Waals surface area contributed by atoms with Gasteiger partial charge in [-0.3, -0.25) is 9.59 Å². The number of nitrogens with one attached hydrogen (secondary N) is 1. The highest BCUT2D eigenvalue weighted by Crippen LogP contribution is 2.31. The Balaban J connectivity index is 1.53. The number of aliphatic carboxylic acids is 1. The number of piperidine rings is 2. The van der Waals surface area contributed by atoms with Gasteiger partial charge in [0.15, 0.2) is 0 Å². The zero-order chi connectivity index (χ0) is 18.5. The molecule has 2 saturated heterocycles. The Morgan fingerprint density at radius 2 is 1.96 bits per heavy atom. The van der Waals surface area contributed by atoms with Crippen molar-refractivity contribution >= 4 is 23.2 Å². The SMILES string of the molecule is Cc1nc(C2CCNCC2)sc1C(=O)N1CCC(OCCC(=O)O)CC1. The van der Waals surface area contributed by atoms with Crippen LogP contribution in [-0.2, 0) is 9.53 Å². The molecule has 0 atom stereocenters. The van der Waals surface area contributed by atoms with Crippen molar-refractivity contribution in [3.05, 3.63) is 15.6 Å². The molecule has 8 heteroatoms. The van der Waals surface area contributed by atoms with Crippen molar-refractivity contribution in [2.24, 2.45) is 0 Å². The summed E-state index contributed by atoms with van der Waals surface area (Å²) in [5.41, 5.74) is 0.841. The zero-order valence-electron chi connectivity index (χ0n) is 15.2. The Morgan fingerprint density at radius 1 is 1.27 bits per heavy atom. The molecule has 2 aliphatic rings. The van der Waals surface area contributed by atoms with Gasteiger partial charge >= 0.3 is 5.97 Å². The fourth-order valence-corrected chi connectivity index (χ4v) is 4.75. The minimum atomic E-state index is -0.845. The van der Waals surface area contributed by atoms with E-state index in [4.69, 9.17) is 9.84 Å². The van der Waals surface area contributed by atoms with Gasteiger partial charge in [-0.25, -0.2) is 4.98 Å². The Labute approximate surface area is 157 Å². The number of aromatic nitrogens is 1. The van der Waals surface area contributed by atoms with Gasteiger partial charge in [-0.1, -0.05) is 0 Å². The number of carboxylic acid groups (broad SMARTS) is 1. The van der Waals surface area contributed by atoms with E-state index in [9.17, 15) is 9.59 Å². The first-order valence-corrected chi connectivity index (χ1v) is 10.2. The summed E-state index contributed by atoms with van der Waals surface area (Å²) in [7, 11) is 0. The molecule has 1 aromatic heterocycles. The van der Waals surface area contributed by atoms with Crippen LogP contribution in [0.3, 0.4) is 0 Å². The molecule has 1 aromatic rings. The fraction of sp³-hybridized carbons (Fsp3) is 0.722. The number of carbonyl (C=O) groups is 2. The average molecular weight is 381 g/mol. The van der Waals surface area contributed by atoms with Gasteiger partial charge in [0.25, 0.3) is 5.91 Å². The maximum atomic E-state index is 12.9. The summed E-state index contributed by atoms with van der Waals surface area (Å²) in [5, 5.41) is 13.1. The van der Waals surface area contributed by atoms with Gasteiger partial charge in [-0.2, -0.15) is 0 Å². The van der Waals surface area contributed by atoms with E-state index in [-0.39, 0.29) is 25.0 Å². The first kappa shape index (κ1) is 19.3. The predicted molar refractivity (Wildman–Crippen MR) is 98.8 cm³/mol. The number of thiazole rings is 1. The molecule has 0 aromatic carbocycles. The summed E-state index contributed by atoms with van der Waals surface area (Å²) < 4.78 is 5.60. The first-order valence-electron chi connectivity index (χ1n) is 9.35. The fourth-order valence-electron chi connectivity index (χ4n) is 3.54. The molecule has 2 N–H and O–H groups in total. The Hall–Kier alpha value is -1.51. The number of aryl methyl sites for hydroxylation is 1. The molecule has 2 fully saturated rings. The highest BCUT2D eigenvalue weighted by molar-refractivity contribution is 7.13. The lowest BCUT2D eigenvalue weighted by atomic mass is 9.99. The van der Waals surface area contributed by atoms with Crippen LogP contribution in [0.4, 0.5) is 0 Å². The predicted octanol–water partition coefficient (Wildman–Crippen LogP) is 2.01. The number of hydrogen-bond acceptors (Lipinski definition) is 6. The molecule has 0 saturated carbocycles. The van der Waals surface area contributed by atoms with Gasteiger partial charge in [-0.15, -0.1) is 11.3 Å². The van der Waals surface area contributed by atoms with Gasteiger partial charge in [-0.05, 0) is 45.7 Å². The van der Waals surface area contributed by atoms with Crippen molar-refractivity contribution in [1.29, 1.82) is 0 Å². The van der Waals surface area contributed by atoms with Gasteiger partial charge in [0.1, 0.15) is 4.88 Å². The van der Waals surface area contributed by atoms with Gasteiger partial charge in [0, 0.05) is 19.0 Å². The highest BCUT2D eigenvalue weighted by atomic mass is 32.1. The lowest BCUT2D eigenvalue weighted by Gasteiger charge is -2.31. The largest absolute Gasteiger partial charge is 0.481 e. The number of amides is 1. The second kappa shape index (κ2) is 8.92. The standard InChI is InChI=1S/C18H27N3O4S/c1-12-16(26-17(20-12)13-2-7-19-8-3-13)18(24)21-9-4-14(5-10-21)25-11-6-15(22)23/h13-14,19H,2-11H2,1H3,(H,22,23). The summed E-state index contributed by atoms with van der Waals surface area (Å²) in [6.07, 6.45) is 3.75. The van der Waals surface area contributed by atoms with Crippen molar-refractivity contribution in [3.63, 3.8) is 0 Å². The van der Waals surface area contributed by atoms with Crippen LogP contribution in [-0.4, -0.2) is 65.8 Å². The van der Waals surface area contributed by atoms with Crippen molar-refractivity contribution in [3.8, 4) is 0 Å². The zero-order valence-corrected chi connectivity index (χ0v) is 16.0. The summed E-state index contributed by atoms with van der Waals surface area (Å²) in [6.45, 7) is 5.49. The van der Waals surface area contributed by atoms with E-state index in [0.717, 1.165) is 54.4 Å². The number of likely N-dealkylation sites (tertiary alicyclic amines) is 1. The normalized spacial score (nSPS) is 19.7. The average Bonchev–Trinajstić information content (AvgIpc) is 3.04. The molecule has 3 rings (SSSR count). The summed E-state index contributed by atoms with van der Waals surface area (Å²) in [4.78, 5) is 30.8. The third-order valence-electron chi connectivity index (χ3n) is 5.09.